The number of nitrogens with one attached hydrogen (secondary N) is 1. The van der Waals surface area contributed by atoms with Crippen molar-refractivity contribution in [1.29, 1.82) is 5.26 Å². The predicted octanol–water partition coefficient (Wildman–Crippen LogP) is 4.24. The maximum absolute atomic E-state index is 15.0. The van der Waals surface area contributed by atoms with Gasteiger partial charge in [-0.2, -0.15) is 5.26 Å². The molecule has 31 heavy (non-hydrogen) atoms. The first-order valence-corrected chi connectivity index (χ1v) is 9.81. The summed E-state index contributed by atoms with van der Waals surface area (Å²) in [5.41, 5.74) is 8.23. The Kier molecular flexibility index (Phi) is 5.21. The van der Waals surface area contributed by atoms with E-state index in [-0.39, 0.29) is 29.3 Å². The van der Waals surface area contributed by atoms with Gasteiger partial charge < -0.3 is 15.6 Å². The van der Waals surface area contributed by atoms with Crippen LogP contribution in [0.25, 0.3) is 22.3 Å². The number of nitrogens with two attached hydrogens (primary N) is 1. The first-order valence-electron chi connectivity index (χ1n) is 9.81. The Bertz CT molecular complexity index is 1290. The number of nitrogen functional groups attached to an aromatic ring is 1. The van der Waals surface area contributed by atoms with Gasteiger partial charge in [0.2, 0.25) is 0 Å². The van der Waals surface area contributed by atoms with Gasteiger partial charge in [0.15, 0.2) is 0 Å². The van der Waals surface area contributed by atoms with Crippen molar-refractivity contribution in [3.05, 3.63) is 60.1 Å². The summed E-state index contributed by atoms with van der Waals surface area (Å²) in [5, 5.41) is 12.6. The van der Waals surface area contributed by atoms with Gasteiger partial charge >= 0.3 is 0 Å². The van der Waals surface area contributed by atoms with Gasteiger partial charge in [-0.1, -0.05) is 6.07 Å². The zero-order chi connectivity index (χ0) is 22.1. The van der Waals surface area contributed by atoms with Gasteiger partial charge in [-0.15, -0.1) is 0 Å². The molecule has 0 saturated heterocycles. The summed E-state index contributed by atoms with van der Waals surface area (Å²) in [4.78, 5) is 17.1. The predicted molar refractivity (Wildman–Crippen MR) is 117 cm³/mol. The standard InChI is InChI=1S/C22H21FN8/c1-12(2)31-19-17(8-7-15(23)18(19)16-6-4-5-9-26-16)30-22(31)13(3)29-21-14(10-24)20(25)27-11-28-21/h4-9,11-13H,1-3H3,(H3,25,27,28,29). The third-order valence-electron chi connectivity index (χ3n) is 4.99. The monoisotopic (exact) mass is 416 g/mol. The topological polar surface area (TPSA) is 118 Å². The molecule has 156 valence electrons. The summed E-state index contributed by atoms with van der Waals surface area (Å²) in [7, 11) is 0. The second-order valence-electron chi connectivity index (χ2n) is 7.40. The van der Waals surface area contributed by atoms with Crippen LogP contribution in [0.5, 0.6) is 0 Å². The maximum Gasteiger partial charge on any atom is 0.150 e. The van der Waals surface area contributed by atoms with Crippen LogP contribution < -0.4 is 11.1 Å². The Morgan fingerprint density at radius 3 is 2.61 bits per heavy atom. The van der Waals surface area contributed by atoms with Crippen LogP contribution in [0.1, 0.15) is 44.2 Å². The Morgan fingerprint density at radius 1 is 1.13 bits per heavy atom. The third kappa shape index (κ3) is 3.53. The number of anilines is 2. The molecular weight excluding hydrogens is 395 g/mol. The van der Waals surface area contributed by atoms with Crippen molar-refractivity contribution in [3.63, 3.8) is 0 Å². The van der Waals surface area contributed by atoms with E-state index in [1.54, 1.807) is 24.4 Å². The van der Waals surface area contributed by atoms with Crippen molar-refractivity contribution >= 4 is 22.7 Å². The smallest absolute Gasteiger partial charge is 0.150 e. The van der Waals surface area contributed by atoms with E-state index in [0.717, 1.165) is 0 Å². The van der Waals surface area contributed by atoms with Gasteiger partial charge in [0.25, 0.3) is 0 Å². The van der Waals surface area contributed by atoms with E-state index in [1.165, 1.54) is 12.4 Å². The van der Waals surface area contributed by atoms with Crippen LogP contribution in [0.15, 0.2) is 42.9 Å². The van der Waals surface area contributed by atoms with E-state index in [1.807, 2.05) is 37.5 Å². The van der Waals surface area contributed by atoms with E-state index >= 15 is 0 Å². The van der Waals surface area contributed by atoms with Crippen LogP contribution in [-0.4, -0.2) is 24.5 Å². The Balaban J connectivity index is 1.89. The quantitative estimate of drug-likeness (QED) is 0.499. The van der Waals surface area contributed by atoms with Gasteiger partial charge in [0.05, 0.1) is 28.3 Å². The van der Waals surface area contributed by atoms with E-state index in [2.05, 4.69) is 20.3 Å². The highest BCUT2D eigenvalue weighted by Crippen LogP contribution is 2.35. The normalized spacial score (nSPS) is 12.1. The van der Waals surface area contributed by atoms with Gasteiger partial charge in [0, 0.05) is 12.2 Å². The number of rotatable bonds is 5. The molecule has 0 aliphatic heterocycles. The number of benzene rings is 1. The minimum atomic E-state index is -0.365. The summed E-state index contributed by atoms with van der Waals surface area (Å²) >= 11 is 0. The van der Waals surface area contributed by atoms with Crippen molar-refractivity contribution in [1.82, 2.24) is 24.5 Å². The minimum Gasteiger partial charge on any atom is -0.382 e. The summed E-state index contributed by atoms with van der Waals surface area (Å²) in [6.45, 7) is 5.91. The molecule has 0 aliphatic rings. The number of hydrogen-bond donors (Lipinski definition) is 2. The number of hydrogen-bond acceptors (Lipinski definition) is 7. The number of nitrogens with zero attached hydrogens (tertiary/aromatic N) is 6. The van der Waals surface area contributed by atoms with Crippen LogP contribution >= 0.6 is 0 Å². The fraction of sp³-hybridized carbons (Fsp3) is 0.227. The third-order valence-corrected chi connectivity index (χ3v) is 4.99. The Hall–Kier alpha value is -4.06. The van der Waals surface area contributed by atoms with E-state index in [9.17, 15) is 9.65 Å². The molecule has 9 heteroatoms. The SMILES string of the molecule is CC(Nc1ncnc(N)c1C#N)c1nc2ccc(F)c(-c3ccccn3)c2n1C(C)C. The lowest BCUT2D eigenvalue weighted by molar-refractivity contribution is 0.565. The van der Waals surface area contributed by atoms with Crippen LogP contribution in [0.2, 0.25) is 0 Å². The number of aromatic nitrogens is 5. The highest BCUT2D eigenvalue weighted by Gasteiger charge is 2.24. The van der Waals surface area contributed by atoms with E-state index in [0.29, 0.717) is 33.9 Å². The van der Waals surface area contributed by atoms with Crippen LogP contribution in [0, 0.1) is 17.1 Å². The van der Waals surface area contributed by atoms with Crippen LogP contribution in [-0.2, 0) is 0 Å². The zero-order valence-corrected chi connectivity index (χ0v) is 17.3. The maximum atomic E-state index is 15.0. The molecule has 0 saturated carbocycles. The molecule has 1 aromatic carbocycles. The molecule has 1 unspecified atom stereocenters. The van der Waals surface area contributed by atoms with Crippen molar-refractivity contribution in [3.8, 4) is 17.3 Å². The van der Waals surface area contributed by atoms with Crippen molar-refractivity contribution in [2.24, 2.45) is 0 Å². The molecule has 8 nitrogen and oxygen atoms in total. The Morgan fingerprint density at radius 2 is 1.94 bits per heavy atom. The molecule has 0 aliphatic carbocycles. The van der Waals surface area contributed by atoms with E-state index in [4.69, 9.17) is 10.7 Å². The van der Waals surface area contributed by atoms with Crippen LogP contribution in [0.4, 0.5) is 16.0 Å². The minimum absolute atomic E-state index is 0.0144. The fourth-order valence-electron chi connectivity index (χ4n) is 3.65. The lowest BCUT2D eigenvalue weighted by atomic mass is 10.1. The molecule has 0 amide bonds. The van der Waals surface area contributed by atoms with E-state index < -0.39 is 0 Å². The number of imidazole rings is 1. The summed E-state index contributed by atoms with van der Waals surface area (Å²) in [5.74, 6) is 0.731. The van der Waals surface area contributed by atoms with Gasteiger partial charge in [-0.25, -0.2) is 19.3 Å². The second kappa shape index (κ2) is 7.99. The molecule has 0 radical (unpaired) electrons. The molecule has 4 aromatic rings. The summed E-state index contributed by atoms with van der Waals surface area (Å²) in [6.07, 6.45) is 2.93. The van der Waals surface area contributed by atoms with Gasteiger partial charge in [-0.3, -0.25) is 4.98 Å². The lowest BCUT2D eigenvalue weighted by Crippen LogP contribution is -2.17. The first-order chi connectivity index (χ1) is 14.9. The molecule has 4 rings (SSSR count). The molecular formula is C22H21FN8. The number of halogens is 1. The Labute approximate surface area is 178 Å². The lowest BCUT2D eigenvalue weighted by Gasteiger charge is -2.20. The molecule has 3 heterocycles. The zero-order valence-electron chi connectivity index (χ0n) is 17.3. The molecule has 3 aromatic heterocycles. The number of pyridine rings is 1. The van der Waals surface area contributed by atoms with Crippen LogP contribution in [0.3, 0.4) is 0 Å². The molecule has 0 bridgehead atoms. The highest BCUT2D eigenvalue weighted by molar-refractivity contribution is 5.92. The fourth-order valence-corrected chi connectivity index (χ4v) is 3.65. The molecule has 1 atom stereocenters. The number of fused-ring (bicyclic) bond motifs is 1. The van der Waals surface area contributed by atoms with Gasteiger partial charge in [0.1, 0.15) is 41.2 Å². The largest absolute Gasteiger partial charge is 0.382 e. The van der Waals surface area contributed by atoms with Crippen molar-refractivity contribution in [2.75, 3.05) is 11.1 Å². The number of nitriles is 1. The summed E-state index contributed by atoms with van der Waals surface area (Å²) < 4.78 is 17.0. The van der Waals surface area contributed by atoms with Crippen molar-refractivity contribution < 1.29 is 4.39 Å². The van der Waals surface area contributed by atoms with Gasteiger partial charge in [-0.05, 0) is 45.0 Å². The second-order valence-corrected chi connectivity index (χ2v) is 7.40. The first kappa shape index (κ1) is 20.2. The molecule has 3 N–H and O–H groups in total. The molecule has 0 fully saturated rings. The highest BCUT2D eigenvalue weighted by atomic mass is 19.1. The van der Waals surface area contributed by atoms with Crippen molar-refractivity contribution in [2.45, 2.75) is 32.9 Å². The summed E-state index contributed by atoms with van der Waals surface area (Å²) in [6, 6.07) is 10.1. The molecule has 0 spiro atoms. The average molecular weight is 416 g/mol. The average Bonchev–Trinajstić information content (AvgIpc) is 3.14.